The molecule has 0 radical (unpaired) electrons. The van der Waals surface area contributed by atoms with E-state index in [1.165, 1.54) is 5.56 Å². The van der Waals surface area contributed by atoms with E-state index in [9.17, 15) is 5.11 Å². The first-order valence-electron chi connectivity index (χ1n) is 5.96. The minimum absolute atomic E-state index is 0.160. The number of aryl methyl sites for hydroxylation is 2. The van der Waals surface area contributed by atoms with Gasteiger partial charge in [0.05, 0.1) is 5.69 Å². The molecule has 0 aliphatic heterocycles. The maximum absolute atomic E-state index is 9.86. The normalized spacial score (nSPS) is 10.8. The molecule has 1 aromatic heterocycles. The average Bonchev–Trinajstić information content (AvgIpc) is 2.56. The summed E-state index contributed by atoms with van der Waals surface area (Å²) in [6.07, 6.45) is 1.85. The van der Waals surface area contributed by atoms with Gasteiger partial charge < -0.3 is 5.11 Å². The Morgan fingerprint density at radius 2 is 2.00 bits per heavy atom. The molecular formula is C14H18N2O. The Hall–Kier alpha value is -1.77. The minimum Gasteiger partial charge on any atom is -0.492 e. The second kappa shape index (κ2) is 4.62. The van der Waals surface area contributed by atoms with Crippen molar-refractivity contribution in [1.82, 2.24) is 9.78 Å². The van der Waals surface area contributed by atoms with Crippen LogP contribution in [0.1, 0.15) is 24.5 Å². The molecule has 2 rings (SSSR count). The van der Waals surface area contributed by atoms with Gasteiger partial charge in [0.2, 0.25) is 5.88 Å². The van der Waals surface area contributed by atoms with Gasteiger partial charge in [0.1, 0.15) is 0 Å². The molecule has 2 aromatic rings. The van der Waals surface area contributed by atoms with E-state index in [1.807, 2.05) is 19.2 Å². The fourth-order valence-corrected chi connectivity index (χ4v) is 2.21. The van der Waals surface area contributed by atoms with Gasteiger partial charge in [-0.15, -0.1) is 5.10 Å². The number of aromatic hydroxyl groups is 1. The zero-order valence-corrected chi connectivity index (χ0v) is 10.6. The van der Waals surface area contributed by atoms with Crippen molar-refractivity contribution in [3.63, 3.8) is 0 Å². The first kappa shape index (κ1) is 11.7. The predicted octanol–water partition coefficient (Wildman–Crippen LogP) is 3.05. The molecule has 0 amide bonds. The summed E-state index contributed by atoms with van der Waals surface area (Å²) in [6.45, 7) is 4.18. The van der Waals surface area contributed by atoms with Gasteiger partial charge in [0, 0.05) is 18.2 Å². The van der Waals surface area contributed by atoms with Crippen LogP contribution in [0.15, 0.2) is 24.3 Å². The summed E-state index contributed by atoms with van der Waals surface area (Å²) in [5.74, 6) is 0.160. The Morgan fingerprint density at radius 1 is 1.29 bits per heavy atom. The Bertz CT molecular complexity index is 529. The van der Waals surface area contributed by atoms with Crippen LogP contribution in [0, 0.1) is 6.92 Å². The molecule has 1 aromatic carbocycles. The van der Waals surface area contributed by atoms with E-state index in [4.69, 9.17) is 0 Å². The molecule has 1 heterocycles. The monoisotopic (exact) mass is 230 g/mol. The number of benzene rings is 1. The summed E-state index contributed by atoms with van der Waals surface area (Å²) >= 11 is 0. The van der Waals surface area contributed by atoms with Crippen LogP contribution in [0.2, 0.25) is 0 Å². The van der Waals surface area contributed by atoms with Crippen molar-refractivity contribution in [1.29, 1.82) is 0 Å². The van der Waals surface area contributed by atoms with Gasteiger partial charge in [-0.2, -0.15) is 0 Å². The summed E-state index contributed by atoms with van der Waals surface area (Å²) in [4.78, 5) is 0. The fraction of sp³-hybridized carbons (Fsp3) is 0.357. The summed E-state index contributed by atoms with van der Waals surface area (Å²) in [5.41, 5.74) is 4.32. The van der Waals surface area contributed by atoms with Gasteiger partial charge in [-0.25, -0.2) is 0 Å². The Labute approximate surface area is 102 Å². The molecule has 0 saturated heterocycles. The molecule has 0 spiro atoms. The second-order valence-electron chi connectivity index (χ2n) is 4.34. The molecule has 0 bridgehead atoms. The maximum Gasteiger partial charge on any atom is 0.234 e. The van der Waals surface area contributed by atoms with Crippen molar-refractivity contribution in [2.75, 3.05) is 0 Å². The van der Waals surface area contributed by atoms with Crippen LogP contribution in [-0.2, 0) is 13.5 Å². The molecule has 1 N–H and O–H groups in total. The quantitative estimate of drug-likeness (QED) is 0.880. The van der Waals surface area contributed by atoms with Gasteiger partial charge in [-0.05, 0) is 18.9 Å². The molecule has 0 unspecified atom stereocenters. The summed E-state index contributed by atoms with van der Waals surface area (Å²) in [5, 5.41) is 14.0. The molecule has 90 valence electrons. The molecule has 3 heteroatoms. The first-order valence-corrected chi connectivity index (χ1v) is 5.96. The maximum atomic E-state index is 9.86. The molecule has 0 aliphatic rings. The average molecular weight is 230 g/mol. The lowest BCUT2D eigenvalue weighted by molar-refractivity contribution is 0.438. The van der Waals surface area contributed by atoms with Crippen LogP contribution in [0.5, 0.6) is 5.88 Å². The minimum atomic E-state index is 0.160. The van der Waals surface area contributed by atoms with Crippen LogP contribution in [0.3, 0.4) is 0 Å². The fourth-order valence-electron chi connectivity index (χ4n) is 2.21. The van der Waals surface area contributed by atoms with Gasteiger partial charge in [0.15, 0.2) is 0 Å². The zero-order chi connectivity index (χ0) is 12.4. The summed E-state index contributed by atoms with van der Waals surface area (Å²) in [7, 11) is 1.88. The van der Waals surface area contributed by atoms with Crippen LogP contribution >= 0.6 is 0 Å². The van der Waals surface area contributed by atoms with E-state index in [0.29, 0.717) is 0 Å². The second-order valence-corrected chi connectivity index (χ2v) is 4.34. The van der Waals surface area contributed by atoms with Crippen molar-refractivity contribution < 1.29 is 5.11 Å². The SMILES string of the molecule is CCCc1c(O)nn(C)c1-c1ccccc1C. The molecule has 0 fully saturated rings. The Morgan fingerprint density at radius 3 is 2.65 bits per heavy atom. The van der Waals surface area contributed by atoms with Gasteiger partial charge in [-0.1, -0.05) is 37.6 Å². The zero-order valence-electron chi connectivity index (χ0n) is 10.6. The number of hydrogen-bond acceptors (Lipinski definition) is 2. The number of hydrogen-bond donors (Lipinski definition) is 1. The highest BCUT2D eigenvalue weighted by molar-refractivity contribution is 5.69. The largest absolute Gasteiger partial charge is 0.492 e. The summed E-state index contributed by atoms with van der Waals surface area (Å²) < 4.78 is 1.77. The number of nitrogens with zero attached hydrogens (tertiary/aromatic N) is 2. The van der Waals surface area contributed by atoms with E-state index in [2.05, 4.69) is 31.1 Å². The predicted molar refractivity (Wildman–Crippen MR) is 69.0 cm³/mol. The molecule has 0 aliphatic carbocycles. The molecular weight excluding hydrogens is 212 g/mol. The van der Waals surface area contributed by atoms with Crippen molar-refractivity contribution in [2.24, 2.45) is 7.05 Å². The highest BCUT2D eigenvalue weighted by atomic mass is 16.3. The van der Waals surface area contributed by atoms with Crippen molar-refractivity contribution in [3.05, 3.63) is 35.4 Å². The number of rotatable bonds is 3. The van der Waals surface area contributed by atoms with E-state index in [-0.39, 0.29) is 5.88 Å². The van der Waals surface area contributed by atoms with Gasteiger partial charge >= 0.3 is 0 Å². The molecule has 0 atom stereocenters. The van der Waals surface area contributed by atoms with E-state index in [0.717, 1.165) is 29.7 Å². The van der Waals surface area contributed by atoms with E-state index in [1.54, 1.807) is 4.68 Å². The lowest BCUT2D eigenvalue weighted by Gasteiger charge is -2.08. The third kappa shape index (κ3) is 2.05. The summed E-state index contributed by atoms with van der Waals surface area (Å²) in [6, 6.07) is 8.19. The molecule has 0 saturated carbocycles. The Balaban J connectivity index is 2.62. The highest BCUT2D eigenvalue weighted by Crippen LogP contribution is 2.32. The van der Waals surface area contributed by atoms with Crippen LogP contribution < -0.4 is 0 Å². The Kier molecular flexibility index (Phi) is 3.18. The van der Waals surface area contributed by atoms with E-state index < -0.39 is 0 Å². The smallest absolute Gasteiger partial charge is 0.234 e. The lowest BCUT2D eigenvalue weighted by atomic mass is 10.0. The van der Waals surface area contributed by atoms with Crippen molar-refractivity contribution in [2.45, 2.75) is 26.7 Å². The third-order valence-electron chi connectivity index (χ3n) is 3.02. The highest BCUT2D eigenvalue weighted by Gasteiger charge is 2.17. The lowest BCUT2D eigenvalue weighted by Crippen LogP contribution is -1.97. The number of aromatic nitrogens is 2. The standard InChI is InChI=1S/C14H18N2O/c1-4-7-12-13(16(3)15-14(12)17)11-9-6-5-8-10(11)2/h5-6,8-9H,4,7H2,1-3H3,(H,15,17). The van der Waals surface area contributed by atoms with Crippen LogP contribution in [0.25, 0.3) is 11.3 Å². The van der Waals surface area contributed by atoms with E-state index >= 15 is 0 Å². The van der Waals surface area contributed by atoms with Crippen molar-refractivity contribution >= 4 is 0 Å². The van der Waals surface area contributed by atoms with Gasteiger partial charge in [0.25, 0.3) is 0 Å². The van der Waals surface area contributed by atoms with Crippen molar-refractivity contribution in [3.8, 4) is 17.1 Å². The van der Waals surface area contributed by atoms with Crippen LogP contribution in [-0.4, -0.2) is 14.9 Å². The molecule has 17 heavy (non-hydrogen) atoms. The first-order chi connectivity index (χ1) is 8.15. The molecule has 3 nitrogen and oxygen atoms in total. The third-order valence-corrected chi connectivity index (χ3v) is 3.02. The topological polar surface area (TPSA) is 38.1 Å². The van der Waals surface area contributed by atoms with Crippen LogP contribution in [0.4, 0.5) is 0 Å². The van der Waals surface area contributed by atoms with Gasteiger partial charge in [-0.3, -0.25) is 4.68 Å².